The minimum atomic E-state index is 0.576. The van der Waals surface area contributed by atoms with Crippen molar-refractivity contribution >= 4 is 0 Å². The second-order valence-corrected chi connectivity index (χ2v) is 3.78. The molecule has 0 amide bonds. The van der Waals surface area contributed by atoms with Gasteiger partial charge in [0.2, 0.25) is 0 Å². The van der Waals surface area contributed by atoms with Gasteiger partial charge in [-0.2, -0.15) is 5.26 Å². The van der Waals surface area contributed by atoms with E-state index < -0.39 is 0 Å². The first-order chi connectivity index (χ1) is 8.35. The van der Waals surface area contributed by atoms with Gasteiger partial charge in [-0.15, -0.1) is 0 Å². The van der Waals surface area contributed by atoms with Gasteiger partial charge in [-0.1, -0.05) is 36.4 Å². The first kappa shape index (κ1) is 11.4. The van der Waals surface area contributed by atoms with Gasteiger partial charge in [-0.3, -0.25) is 0 Å². The van der Waals surface area contributed by atoms with Gasteiger partial charge in [0.15, 0.2) is 0 Å². The topological polar surface area (TPSA) is 33.0 Å². The summed E-state index contributed by atoms with van der Waals surface area (Å²) in [4.78, 5) is 0. The van der Waals surface area contributed by atoms with E-state index in [0.717, 1.165) is 16.7 Å². The highest BCUT2D eigenvalue weighted by Crippen LogP contribution is 2.24. The molecule has 84 valence electrons. The summed E-state index contributed by atoms with van der Waals surface area (Å²) >= 11 is 0. The Morgan fingerprint density at radius 2 is 1.94 bits per heavy atom. The summed E-state index contributed by atoms with van der Waals surface area (Å²) in [6.07, 6.45) is 0. The molecule has 0 spiro atoms. The Balaban J connectivity index is 2.48. The number of benzene rings is 2. The van der Waals surface area contributed by atoms with Crippen LogP contribution in [0.25, 0.3) is 11.1 Å². The number of nitrogens with zero attached hydrogens (tertiary/aromatic N) is 1. The standard InChI is InChI=1S/C15H13NO/c1-17-11-14-6-2-3-8-15(14)13-7-4-5-12(9-13)10-16/h2-9H,11H2,1H3. The van der Waals surface area contributed by atoms with Crippen molar-refractivity contribution in [2.45, 2.75) is 6.61 Å². The van der Waals surface area contributed by atoms with E-state index in [1.54, 1.807) is 7.11 Å². The second kappa shape index (κ2) is 5.29. The van der Waals surface area contributed by atoms with Crippen LogP contribution in [0.3, 0.4) is 0 Å². The van der Waals surface area contributed by atoms with Crippen LogP contribution < -0.4 is 0 Å². The van der Waals surface area contributed by atoms with Crippen LogP contribution in [0.4, 0.5) is 0 Å². The van der Waals surface area contributed by atoms with Crippen LogP contribution in [0.5, 0.6) is 0 Å². The van der Waals surface area contributed by atoms with E-state index in [1.807, 2.05) is 48.5 Å². The van der Waals surface area contributed by atoms with Gasteiger partial charge in [0.1, 0.15) is 0 Å². The fourth-order valence-corrected chi connectivity index (χ4v) is 1.84. The zero-order chi connectivity index (χ0) is 12.1. The first-order valence-corrected chi connectivity index (χ1v) is 5.42. The second-order valence-electron chi connectivity index (χ2n) is 3.78. The molecule has 0 atom stereocenters. The minimum absolute atomic E-state index is 0.576. The summed E-state index contributed by atoms with van der Waals surface area (Å²) in [7, 11) is 1.68. The number of hydrogen-bond donors (Lipinski definition) is 0. The molecule has 17 heavy (non-hydrogen) atoms. The molecule has 0 unspecified atom stereocenters. The lowest BCUT2D eigenvalue weighted by Gasteiger charge is -2.08. The van der Waals surface area contributed by atoms with Gasteiger partial charge in [0, 0.05) is 7.11 Å². The third-order valence-corrected chi connectivity index (χ3v) is 2.62. The van der Waals surface area contributed by atoms with Crippen molar-refractivity contribution in [3.8, 4) is 17.2 Å². The number of nitriles is 1. The van der Waals surface area contributed by atoms with E-state index in [0.29, 0.717) is 12.2 Å². The number of rotatable bonds is 3. The molecule has 0 saturated carbocycles. The summed E-state index contributed by atoms with van der Waals surface area (Å²) in [5.74, 6) is 0. The van der Waals surface area contributed by atoms with Crippen LogP contribution in [0.2, 0.25) is 0 Å². The highest BCUT2D eigenvalue weighted by molar-refractivity contribution is 5.68. The normalized spacial score (nSPS) is 9.88. The lowest BCUT2D eigenvalue weighted by atomic mass is 9.99. The average molecular weight is 223 g/mol. The predicted octanol–water partition coefficient (Wildman–Crippen LogP) is 3.37. The van der Waals surface area contributed by atoms with Crippen molar-refractivity contribution in [2.24, 2.45) is 0 Å². The number of ether oxygens (including phenoxy) is 1. The van der Waals surface area contributed by atoms with Crippen molar-refractivity contribution in [1.82, 2.24) is 0 Å². The molecule has 2 aromatic rings. The highest BCUT2D eigenvalue weighted by Gasteiger charge is 2.04. The molecule has 0 saturated heterocycles. The van der Waals surface area contributed by atoms with Crippen LogP contribution in [0.15, 0.2) is 48.5 Å². The zero-order valence-corrected chi connectivity index (χ0v) is 9.68. The molecule has 0 fully saturated rings. The Morgan fingerprint density at radius 3 is 2.71 bits per heavy atom. The molecule has 0 aromatic heterocycles. The maximum absolute atomic E-state index is 8.91. The summed E-state index contributed by atoms with van der Waals surface area (Å²) in [5, 5.41) is 8.91. The number of hydrogen-bond acceptors (Lipinski definition) is 2. The maximum Gasteiger partial charge on any atom is 0.0991 e. The van der Waals surface area contributed by atoms with Gasteiger partial charge < -0.3 is 4.74 Å². The van der Waals surface area contributed by atoms with Gasteiger partial charge in [0.05, 0.1) is 18.2 Å². The Bertz CT molecular complexity index is 555. The van der Waals surface area contributed by atoms with E-state index in [2.05, 4.69) is 6.07 Å². The van der Waals surface area contributed by atoms with Gasteiger partial charge in [-0.25, -0.2) is 0 Å². The molecule has 0 heterocycles. The van der Waals surface area contributed by atoms with Gasteiger partial charge >= 0.3 is 0 Å². The molecule has 2 nitrogen and oxygen atoms in total. The highest BCUT2D eigenvalue weighted by atomic mass is 16.5. The fraction of sp³-hybridized carbons (Fsp3) is 0.133. The molecule has 0 aliphatic heterocycles. The quantitative estimate of drug-likeness (QED) is 0.799. The molecular formula is C15H13NO. The smallest absolute Gasteiger partial charge is 0.0991 e. The SMILES string of the molecule is COCc1ccccc1-c1cccc(C#N)c1. The number of methoxy groups -OCH3 is 1. The molecule has 0 aliphatic carbocycles. The fourth-order valence-electron chi connectivity index (χ4n) is 1.84. The Hall–Kier alpha value is -2.11. The van der Waals surface area contributed by atoms with E-state index >= 15 is 0 Å². The molecule has 0 bridgehead atoms. The lowest BCUT2D eigenvalue weighted by molar-refractivity contribution is 0.185. The Kier molecular flexibility index (Phi) is 3.54. The van der Waals surface area contributed by atoms with Gasteiger partial charge in [0.25, 0.3) is 0 Å². The summed E-state index contributed by atoms with van der Waals surface area (Å²) in [6, 6.07) is 17.8. The van der Waals surface area contributed by atoms with E-state index in [1.165, 1.54) is 0 Å². The van der Waals surface area contributed by atoms with E-state index in [9.17, 15) is 0 Å². The van der Waals surface area contributed by atoms with E-state index in [4.69, 9.17) is 10.00 Å². The molecule has 2 aromatic carbocycles. The zero-order valence-electron chi connectivity index (χ0n) is 9.68. The van der Waals surface area contributed by atoms with Crippen LogP contribution in [-0.2, 0) is 11.3 Å². The lowest BCUT2D eigenvalue weighted by Crippen LogP contribution is -1.91. The van der Waals surface area contributed by atoms with Crippen LogP contribution in [-0.4, -0.2) is 7.11 Å². The van der Waals surface area contributed by atoms with Gasteiger partial charge in [-0.05, 0) is 28.8 Å². The molecule has 0 N–H and O–H groups in total. The summed E-state index contributed by atoms with van der Waals surface area (Å²) in [6.45, 7) is 0.576. The van der Waals surface area contributed by atoms with E-state index in [-0.39, 0.29) is 0 Å². The molecular weight excluding hydrogens is 210 g/mol. The largest absolute Gasteiger partial charge is 0.380 e. The Morgan fingerprint density at radius 1 is 1.12 bits per heavy atom. The van der Waals surface area contributed by atoms with Crippen molar-refractivity contribution < 1.29 is 4.74 Å². The Labute approximate surface area is 101 Å². The molecule has 0 aliphatic rings. The van der Waals surface area contributed by atoms with Crippen molar-refractivity contribution in [3.63, 3.8) is 0 Å². The monoisotopic (exact) mass is 223 g/mol. The predicted molar refractivity (Wildman–Crippen MR) is 67.3 cm³/mol. The first-order valence-electron chi connectivity index (χ1n) is 5.42. The average Bonchev–Trinajstić information content (AvgIpc) is 2.40. The third kappa shape index (κ3) is 2.52. The van der Waals surface area contributed by atoms with Crippen LogP contribution in [0.1, 0.15) is 11.1 Å². The van der Waals surface area contributed by atoms with Crippen molar-refractivity contribution in [3.05, 3.63) is 59.7 Å². The molecule has 2 rings (SSSR count). The van der Waals surface area contributed by atoms with Crippen molar-refractivity contribution in [1.29, 1.82) is 5.26 Å². The van der Waals surface area contributed by atoms with Crippen LogP contribution in [0, 0.1) is 11.3 Å². The van der Waals surface area contributed by atoms with Crippen LogP contribution >= 0.6 is 0 Å². The minimum Gasteiger partial charge on any atom is -0.380 e. The summed E-state index contributed by atoms with van der Waals surface area (Å²) in [5.41, 5.74) is 3.97. The maximum atomic E-state index is 8.91. The third-order valence-electron chi connectivity index (χ3n) is 2.62. The molecule has 0 radical (unpaired) electrons. The van der Waals surface area contributed by atoms with Crippen molar-refractivity contribution in [2.75, 3.05) is 7.11 Å². The summed E-state index contributed by atoms with van der Waals surface area (Å²) < 4.78 is 5.18. The molecule has 2 heteroatoms.